The van der Waals surface area contributed by atoms with E-state index in [4.69, 9.17) is 0 Å². The molecule has 6 nitrogen and oxygen atoms in total. The molecule has 34 heavy (non-hydrogen) atoms. The van der Waals surface area contributed by atoms with Gasteiger partial charge in [-0.15, -0.1) is 0 Å². The quantitative estimate of drug-likeness (QED) is 0.558. The number of fused-ring (bicyclic) bond motifs is 1. The number of halogens is 1. The van der Waals surface area contributed by atoms with E-state index in [0.717, 1.165) is 22.6 Å². The summed E-state index contributed by atoms with van der Waals surface area (Å²) in [4.78, 5) is 19.9. The lowest BCUT2D eigenvalue weighted by molar-refractivity contribution is -0.117. The minimum atomic E-state index is -0.595. The van der Waals surface area contributed by atoms with Crippen LogP contribution in [-0.4, -0.2) is 23.6 Å². The van der Waals surface area contributed by atoms with Gasteiger partial charge in [0.1, 0.15) is 11.4 Å². The molecule has 1 aromatic heterocycles. The second-order valence-electron chi connectivity index (χ2n) is 8.80. The predicted octanol–water partition coefficient (Wildman–Crippen LogP) is 3.98. The highest BCUT2D eigenvalue weighted by molar-refractivity contribution is 6.00. The summed E-state index contributed by atoms with van der Waals surface area (Å²) in [6.07, 6.45) is 7.53. The summed E-state index contributed by atoms with van der Waals surface area (Å²) >= 11 is 0. The first-order valence-electron chi connectivity index (χ1n) is 11.4. The second-order valence-corrected chi connectivity index (χ2v) is 8.80. The summed E-state index contributed by atoms with van der Waals surface area (Å²) in [6.45, 7) is 2.40. The molecule has 6 rings (SSSR count). The number of carbonyl (C=O) groups is 1. The number of para-hydroxylation sites is 1. The highest BCUT2D eigenvalue weighted by Crippen LogP contribution is 2.51. The topological polar surface area (TPSA) is 69.3 Å². The molecule has 3 N–H and O–H groups in total. The molecule has 1 fully saturated rings. The minimum absolute atomic E-state index is 0.0402. The van der Waals surface area contributed by atoms with Crippen LogP contribution in [0.3, 0.4) is 0 Å². The van der Waals surface area contributed by atoms with Gasteiger partial charge in [-0.3, -0.25) is 15.1 Å². The van der Waals surface area contributed by atoms with E-state index in [0.29, 0.717) is 17.8 Å². The minimum Gasteiger partial charge on any atom is -0.356 e. The van der Waals surface area contributed by atoms with Crippen molar-refractivity contribution in [2.45, 2.75) is 24.5 Å². The average Bonchev–Trinajstić information content (AvgIpc) is 3.42. The Hall–Kier alpha value is -3.97. The van der Waals surface area contributed by atoms with Gasteiger partial charge in [0.05, 0.1) is 30.0 Å². The third-order valence-corrected chi connectivity index (χ3v) is 6.99. The number of nitrogens with one attached hydrogen (secondary N) is 3. The van der Waals surface area contributed by atoms with Crippen molar-refractivity contribution < 1.29 is 9.18 Å². The van der Waals surface area contributed by atoms with Gasteiger partial charge >= 0.3 is 0 Å². The van der Waals surface area contributed by atoms with Crippen LogP contribution < -0.4 is 20.9 Å². The van der Waals surface area contributed by atoms with Crippen molar-refractivity contribution in [1.29, 1.82) is 0 Å². The van der Waals surface area contributed by atoms with Gasteiger partial charge in [-0.2, -0.15) is 0 Å². The van der Waals surface area contributed by atoms with E-state index in [2.05, 4.69) is 38.0 Å². The van der Waals surface area contributed by atoms with E-state index >= 15 is 0 Å². The van der Waals surface area contributed by atoms with Crippen LogP contribution in [0.5, 0.6) is 0 Å². The van der Waals surface area contributed by atoms with Crippen molar-refractivity contribution in [3.63, 3.8) is 0 Å². The van der Waals surface area contributed by atoms with Crippen molar-refractivity contribution in [2.24, 2.45) is 0 Å². The molecule has 1 amide bonds. The Kier molecular flexibility index (Phi) is 4.74. The monoisotopic (exact) mass is 453 g/mol. The molecule has 7 heteroatoms. The molecule has 1 spiro atoms. The fourth-order valence-corrected chi connectivity index (χ4v) is 5.39. The summed E-state index contributed by atoms with van der Waals surface area (Å²) in [5, 5.41) is 10.2. The van der Waals surface area contributed by atoms with Gasteiger partial charge in [-0.1, -0.05) is 42.5 Å². The molecule has 1 saturated heterocycles. The van der Waals surface area contributed by atoms with Gasteiger partial charge < -0.3 is 15.5 Å². The van der Waals surface area contributed by atoms with Crippen LogP contribution in [0, 0.1) is 5.82 Å². The summed E-state index contributed by atoms with van der Waals surface area (Å²) in [7, 11) is 0. The Morgan fingerprint density at radius 2 is 1.91 bits per heavy atom. The van der Waals surface area contributed by atoms with E-state index < -0.39 is 11.6 Å². The highest BCUT2D eigenvalue weighted by Gasteiger charge is 2.57. The Bertz CT molecular complexity index is 1340. The summed E-state index contributed by atoms with van der Waals surface area (Å²) in [5.41, 5.74) is 4.35. The first-order valence-corrected chi connectivity index (χ1v) is 11.4. The Morgan fingerprint density at radius 3 is 2.74 bits per heavy atom. The Morgan fingerprint density at radius 1 is 1.15 bits per heavy atom. The largest absolute Gasteiger partial charge is 0.356 e. The van der Waals surface area contributed by atoms with Crippen LogP contribution in [0.15, 0.2) is 96.5 Å². The molecule has 3 aliphatic rings. The second kappa shape index (κ2) is 7.81. The molecule has 0 radical (unpaired) electrons. The number of pyridine rings is 1. The van der Waals surface area contributed by atoms with E-state index in [-0.39, 0.29) is 17.8 Å². The number of nitrogens with zero attached hydrogens (tertiary/aromatic N) is 2. The maximum atomic E-state index is 14.3. The van der Waals surface area contributed by atoms with Crippen LogP contribution in [0.4, 0.5) is 15.8 Å². The van der Waals surface area contributed by atoms with Crippen LogP contribution in [0.2, 0.25) is 0 Å². The molecular weight excluding hydrogens is 429 g/mol. The average molecular weight is 454 g/mol. The number of rotatable bonds is 4. The molecule has 2 aromatic carbocycles. The van der Waals surface area contributed by atoms with E-state index in [1.54, 1.807) is 37.5 Å². The smallest absolute Gasteiger partial charge is 0.253 e. The Balaban J connectivity index is 1.40. The van der Waals surface area contributed by atoms with Crippen molar-refractivity contribution in [3.8, 4) is 0 Å². The predicted molar refractivity (Wildman–Crippen MR) is 129 cm³/mol. The number of aromatic nitrogens is 1. The number of carbonyl (C=O) groups excluding carboxylic acids is 1. The van der Waals surface area contributed by atoms with E-state index in [1.807, 2.05) is 36.4 Å². The third-order valence-electron chi connectivity index (χ3n) is 6.99. The molecule has 2 aliphatic heterocycles. The highest BCUT2D eigenvalue weighted by atomic mass is 19.1. The zero-order valence-electron chi connectivity index (χ0n) is 18.6. The molecule has 3 atom stereocenters. The van der Waals surface area contributed by atoms with Crippen LogP contribution in [0.1, 0.15) is 24.1 Å². The van der Waals surface area contributed by atoms with Crippen molar-refractivity contribution >= 4 is 17.3 Å². The molecular formula is C27H24FN5O. The van der Waals surface area contributed by atoms with Gasteiger partial charge in [0, 0.05) is 34.9 Å². The summed E-state index contributed by atoms with van der Waals surface area (Å²) in [5.74, 6) is -0.579. The number of benzene rings is 2. The molecule has 0 saturated carbocycles. The molecule has 3 unspecified atom stereocenters. The lowest BCUT2D eigenvalue weighted by Gasteiger charge is -2.37. The molecule has 3 aromatic rings. The van der Waals surface area contributed by atoms with Gasteiger partial charge in [-0.25, -0.2) is 4.39 Å². The SMILES string of the molecule is CC(NC(=O)C1=C2Nc3ccccc3C23NCN(c2ccncc2)C3C=C1)c1ccccc1F. The zero-order valence-corrected chi connectivity index (χ0v) is 18.6. The van der Waals surface area contributed by atoms with Gasteiger partial charge in [0.25, 0.3) is 5.91 Å². The van der Waals surface area contributed by atoms with Crippen molar-refractivity contribution in [3.05, 3.63) is 113 Å². The molecule has 170 valence electrons. The van der Waals surface area contributed by atoms with Crippen LogP contribution >= 0.6 is 0 Å². The fraction of sp³-hybridized carbons (Fsp3) is 0.185. The lowest BCUT2D eigenvalue weighted by Crippen LogP contribution is -2.49. The maximum absolute atomic E-state index is 14.3. The van der Waals surface area contributed by atoms with Crippen molar-refractivity contribution in [1.82, 2.24) is 15.6 Å². The first kappa shape index (κ1) is 20.6. The first-order chi connectivity index (χ1) is 16.6. The summed E-state index contributed by atoms with van der Waals surface area (Å²) in [6, 6.07) is 18.1. The molecule has 1 aliphatic carbocycles. The molecule has 0 bridgehead atoms. The van der Waals surface area contributed by atoms with E-state index in [1.165, 1.54) is 6.07 Å². The van der Waals surface area contributed by atoms with Crippen molar-refractivity contribution in [2.75, 3.05) is 16.9 Å². The number of hydrogen-bond donors (Lipinski definition) is 3. The number of amides is 1. The van der Waals surface area contributed by atoms with Gasteiger partial charge in [-0.05, 0) is 37.3 Å². The third kappa shape index (κ3) is 2.97. The molecule has 3 heterocycles. The van der Waals surface area contributed by atoms with Gasteiger partial charge in [0.15, 0.2) is 0 Å². The van der Waals surface area contributed by atoms with Crippen LogP contribution in [0.25, 0.3) is 0 Å². The standard InChI is InChI=1S/C27H24FN5O/c1-17(19-6-2-4-8-22(19)28)31-26(34)20-10-11-24-27(21-7-3-5-9-23(21)32-25(20)27)30-16-33(24)18-12-14-29-15-13-18/h2-15,17,24,30,32H,16H2,1H3,(H,31,34). The van der Waals surface area contributed by atoms with E-state index in [9.17, 15) is 9.18 Å². The van der Waals surface area contributed by atoms with Crippen LogP contribution in [-0.2, 0) is 10.3 Å². The zero-order chi connectivity index (χ0) is 23.3. The lowest BCUT2D eigenvalue weighted by atomic mass is 9.77. The number of hydrogen-bond acceptors (Lipinski definition) is 5. The summed E-state index contributed by atoms with van der Waals surface area (Å²) < 4.78 is 14.3. The normalized spacial score (nSPS) is 23.1. The Labute approximate surface area is 197 Å². The number of anilines is 2. The van der Waals surface area contributed by atoms with Gasteiger partial charge in [0.2, 0.25) is 0 Å². The fourth-order valence-electron chi connectivity index (χ4n) is 5.39. The maximum Gasteiger partial charge on any atom is 0.253 e.